The zero-order valence-electron chi connectivity index (χ0n) is 15.5. The maximum Gasteiger partial charge on any atom is 0.460 e. The van der Waals surface area contributed by atoms with Gasteiger partial charge in [-0.2, -0.15) is 74.6 Å². The Morgan fingerprint density at radius 3 is 1.26 bits per heavy atom. The van der Waals surface area contributed by atoms with Crippen LogP contribution in [-0.4, -0.2) is 57.9 Å². The minimum absolute atomic E-state index is 0.141. The summed E-state index contributed by atoms with van der Waals surface area (Å²) in [6.45, 7) is 0. The first kappa shape index (κ1) is 30.3. The fourth-order valence-electron chi connectivity index (χ4n) is 2.31. The first-order valence-corrected chi connectivity index (χ1v) is 7.85. The number of aromatic hydroxyl groups is 1. The predicted octanol–water partition coefficient (Wildman–Crippen LogP) is 6.56. The molecule has 20 heteroatoms. The van der Waals surface area contributed by atoms with E-state index in [2.05, 4.69) is 0 Å². The van der Waals surface area contributed by atoms with Crippen molar-refractivity contribution in [3.8, 4) is 5.75 Å². The van der Waals surface area contributed by atoms with E-state index >= 15 is 0 Å². The van der Waals surface area contributed by atoms with E-state index in [1.54, 1.807) is 0 Å². The van der Waals surface area contributed by atoms with E-state index in [9.17, 15) is 79.4 Å². The van der Waals surface area contributed by atoms with Gasteiger partial charge in [0.25, 0.3) is 0 Å². The summed E-state index contributed by atoms with van der Waals surface area (Å²) in [5.74, 6) is -62.6. The van der Waals surface area contributed by atoms with Gasteiger partial charge in [0.1, 0.15) is 5.75 Å². The van der Waals surface area contributed by atoms with Crippen molar-refractivity contribution in [1.82, 2.24) is 0 Å². The van der Waals surface area contributed by atoms with Crippen molar-refractivity contribution in [1.29, 1.82) is 0 Å². The first-order valence-electron chi connectivity index (χ1n) is 7.85. The lowest BCUT2D eigenvalue weighted by Gasteiger charge is -2.43. The molecule has 202 valence electrons. The monoisotopic (exact) mass is 556 g/mol. The highest BCUT2D eigenvalue weighted by Crippen LogP contribution is 2.65. The maximum absolute atomic E-state index is 14.2. The molecule has 0 aromatic heterocycles. The van der Waals surface area contributed by atoms with E-state index in [-0.39, 0.29) is 12.1 Å². The number of hydrogen-bond acceptors (Lipinski definition) is 2. The molecule has 1 aromatic rings. The molecule has 0 spiro atoms. The zero-order valence-corrected chi connectivity index (χ0v) is 15.5. The van der Waals surface area contributed by atoms with Crippen molar-refractivity contribution in [2.75, 3.05) is 0 Å². The number of halogens is 17. The molecule has 1 rings (SSSR count). The Morgan fingerprint density at radius 2 is 0.914 bits per heavy atom. The van der Waals surface area contributed by atoms with Crippen LogP contribution in [0.2, 0.25) is 0 Å². The Labute approximate surface area is 179 Å². The lowest BCUT2D eigenvalue weighted by atomic mass is 9.86. The van der Waals surface area contributed by atoms with Gasteiger partial charge >= 0.3 is 53.6 Å². The van der Waals surface area contributed by atoms with Crippen LogP contribution in [0.1, 0.15) is 15.9 Å². The second-order valence-electron chi connectivity index (χ2n) is 6.55. The van der Waals surface area contributed by atoms with Gasteiger partial charge in [-0.3, -0.25) is 0 Å². The number of hydrogen-bond donors (Lipinski definition) is 2. The highest BCUT2D eigenvalue weighted by atomic mass is 19.4. The van der Waals surface area contributed by atoms with Crippen LogP contribution in [0.15, 0.2) is 18.2 Å². The predicted molar refractivity (Wildman–Crippen MR) is 74.7 cm³/mol. The van der Waals surface area contributed by atoms with Gasteiger partial charge < -0.3 is 10.2 Å². The Kier molecular flexibility index (Phi) is 6.85. The van der Waals surface area contributed by atoms with Crippen molar-refractivity contribution in [2.45, 2.75) is 47.6 Å². The fourth-order valence-corrected chi connectivity index (χ4v) is 2.31. The molecule has 0 bridgehead atoms. The Balaban J connectivity index is 3.87. The van der Waals surface area contributed by atoms with Crippen molar-refractivity contribution in [3.63, 3.8) is 0 Å². The van der Waals surface area contributed by atoms with E-state index in [0.717, 1.165) is 0 Å². The summed E-state index contributed by atoms with van der Waals surface area (Å²) in [6.07, 6.45) is -7.87. The van der Waals surface area contributed by atoms with Crippen molar-refractivity contribution in [2.24, 2.45) is 0 Å². The average Bonchev–Trinajstić information content (AvgIpc) is 2.65. The van der Waals surface area contributed by atoms with Gasteiger partial charge in [0, 0.05) is 5.56 Å². The third kappa shape index (κ3) is 3.87. The smallest absolute Gasteiger partial charge is 0.460 e. The molecule has 2 N–H and O–H groups in total. The highest BCUT2D eigenvalue weighted by molar-refractivity contribution is 5.90. The number of benzene rings is 1. The van der Waals surface area contributed by atoms with Crippen molar-refractivity contribution >= 4 is 5.97 Å². The van der Waals surface area contributed by atoms with Crippen LogP contribution < -0.4 is 0 Å². The molecule has 1 aromatic carbocycles. The summed E-state index contributed by atoms with van der Waals surface area (Å²) >= 11 is 0. The lowest BCUT2D eigenvalue weighted by Crippen LogP contribution is -2.74. The Morgan fingerprint density at radius 1 is 0.571 bits per heavy atom. The topological polar surface area (TPSA) is 57.5 Å². The van der Waals surface area contributed by atoms with Crippen LogP contribution in [-0.2, 0) is 5.92 Å². The van der Waals surface area contributed by atoms with Gasteiger partial charge in [-0.1, -0.05) is 0 Å². The van der Waals surface area contributed by atoms with E-state index in [1.807, 2.05) is 0 Å². The third-order valence-electron chi connectivity index (χ3n) is 4.29. The molecule has 0 saturated carbocycles. The fraction of sp³-hybridized carbons (Fsp3) is 0.533. The molecule has 35 heavy (non-hydrogen) atoms. The van der Waals surface area contributed by atoms with E-state index in [0.29, 0.717) is 0 Å². The number of alkyl halides is 17. The Hall–Kier alpha value is -2.70. The van der Waals surface area contributed by atoms with Crippen LogP contribution >= 0.6 is 0 Å². The van der Waals surface area contributed by atoms with Gasteiger partial charge in [-0.05, 0) is 18.2 Å². The summed E-state index contributed by atoms with van der Waals surface area (Å²) in [5, 5.41) is 17.6. The molecule has 0 atom stereocenters. The van der Waals surface area contributed by atoms with Crippen molar-refractivity contribution in [3.05, 3.63) is 29.3 Å². The minimum atomic E-state index is -8.80. The van der Waals surface area contributed by atoms with Crippen LogP contribution in [0.5, 0.6) is 5.75 Å². The standard InChI is InChI=1S/C15H5F17O3/c16-8(17,6-3-4(33)1-2-5(6)7(34)35)9(18,19)10(20,21)11(22,23)12(24,25)13(26,27)14(28,29)15(30,31)32/h1-3,33H,(H,34,35). The van der Waals surface area contributed by atoms with Crippen LogP contribution in [0.4, 0.5) is 74.6 Å². The summed E-state index contributed by atoms with van der Waals surface area (Å²) < 4.78 is 226. The molecule has 0 aliphatic rings. The second-order valence-corrected chi connectivity index (χ2v) is 6.55. The molecule has 0 saturated heterocycles. The summed E-state index contributed by atoms with van der Waals surface area (Å²) in [5.41, 5.74) is -5.14. The number of rotatable bonds is 8. The van der Waals surface area contributed by atoms with E-state index < -0.39 is 76.5 Å². The lowest BCUT2D eigenvalue weighted by molar-refractivity contribution is -0.462. The van der Waals surface area contributed by atoms with Gasteiger partial charge in [-0.15, -0.1) is 0 Å². The highest BCUT2D eigenvalue weighted by Gasteiger charge is 2.95. The summed E-state index contributed by atoms with van der Waals surface area (Å²) in [4.78, 5) is 10.8. The van der Waals surface area contributed by atoms with Crippen LogP contribution in [0.25, 0.3) is 0 Å². The van der Waals surface area contributed by atoms with E-state index in [4.69, 9.17) is 10.2 Å². The minimum Gasteiger partial charge on any atom is -0.508 e. The Bertz CT molecular complexity index is 979. The van der Waals surface area contributed by atoms with Gasteiger partial charge in [0.05, 0.1) is 5.56 Å². The van der Waals surface area contributed by atoms with Crippen molar-refractivity contribution < 1.29 is 89.6 Å². The number of carbonyl (C=O) groups is 1. The average molecular weight is 556 g/mol. The molecule has 0 aliphatic carbocycles. The molecule has 0 heterocycles. The molecular formula is C15H5F17O3. The first-order chi connectivity index (χ1) is 15.1. The van der Waals surface area contributed by atoms with Crippen LogP contribution in [0.3, 0.4) is 0 Å². The molecule has 0 amide bonds. The zero-order chi connectivity index (χ0) is 28.4. The van der Waals surface area contributed by atoms with Gasteiger partial charge in [0.15, 0.2) is 0 Å². The molecule has 0 fully saturated rings. The van der Waals surface area contributed by atoms with Gasteiger partial charge in [-0.25, -0.2) is 4.79 Å². The van der Waals surface area contributed by atoms with Crippen LogP contribution in [0, 0.1) is 0 Å². The molecule has 0 unspecified atom stereocenters. The third-order valence-corrected chi connectivity index (χ3v) is 4.29. The number of phenols is 1. The number of carboxylic acid groups (broad SMARTS) is 1. The van der Waals surface area contributed by atoms with Gasteiger partial charge in [0.2, 0.25) is 0 Å². The largest absolute Gasteiger partial charge is 0.508 e. The SMILES string of the molecule is O=C(O)c1ccc(O)cc1C(F)(F)C(F)(F)C(F)(F)C(F)(F)C(F)(F)C(F)(F)C(F)(F)C(F)(F)F. The normalized spacial score (nSPS) is 15.3. The second kappa shape index (κ2) is 7.90. The molecule has 0 aliphatic heterocycles. The van der Waals surface area contributed by atoms with E-state index in [1.165, 1.54) is 0 Å². The maximum atomic E-state index is 14.2. The molecule has 3 nitrogen and oxygen atoms in total. The quantitative estimate of drug-likeness (QED) is 0.357. The number of carboxylic acids is 1. The molecule has 0 radical (unpaired) electrons. The summed E-state index contributed by atoms with van der Waals surface area (Å²) in [6, 6.07) is -0.835. The number of phenolic OH excluding ortho intramolecular Hbond substituents is 1. The summed E-state index contributed by atoms with van der Waals surface area (Å²) in [7, 11) is 0. The molecular weight excluding hydrogens is 551 g/mol. The number of aromatic carboxylic acids is 1.